The van der Waals surface area contributed by atoms with Crippen LogP contribution < -0.4 is 14.8 Å². The van der Waals surface area contributed by atoms with E-state index in [2.05, 4.69) is 5.32 Å². The summed E-state index contributed by atoms with van der Waals surface area (Å²) in [4.78, 5) is 13.1. The molecule has 2 aromatic rings. The third kappa shape index (κ3) is 4.25. The zero-order chi connectivity index (χ0) is 18.7. The van der Waals surface area contributed by atoms with Crippen molar-refractivity contribution in [2.45, 2.75) is 9.79 Å². The van der Waals surface area contributed by atoms with E-state index >= 15 is 0 Å². The van der Waals surface area contributed by atoms with Gasteiger partial charge in [0.2, 0.25) is 5.91 Å². The highest BCUT2D eigenvalue weighted by Crippen LogP contribution is 2.39. The lowest BCUT2D eigenvalue weighted by Gasteiger charge is -2.21. The number of ether oxygens (including phenoxy) is 2. The molecule has 0 saturated carbocycles. The average molecular weight is 414 g/mol. The molecular formula is C17H16ClNO5S2. The van der Waals surface area contributed by atoms with Crippen LogP contribution in [0.2, 0.25) is 5.02 Å². The fourth-order valence-electron chi connectivity index (χ4n) is 2.42. The summed E-state index contributed by atoms with van der Waals surface area (Å²) in [7, 11) is -3.77. The van der Waals surface area contributed by atoms with Crippen LogP contribution in [0.4, 0.5) is 5.69 Å². The Morgan fingerprint density at radius 2 is 1.77 bits per heavy atom. The number of carbonyl (C=O) groups excluding carboxylic acids is 1. The second-order valence-electron chi connectivity index (χ2n) is 5.46. The predicted molar refractivity (Wildman–Crippen MR) is 101 cm³/mol. The molecule has 0 saturated heterocycles. The Morgan fingerprint density at radius 3 is 2.38 bits per heavy atom. The highest BCUT2D eigenvalue weighted by Gasteiger charge is 2.22. The first-order chi connectivity index (χ1) is 12.4. The lowest BCUT2D eigenvalue weighted by atomic mass is 10.2. The molecule has 0 radical (unpaired) electrons. The summed E-state index contributed by atoms with van der Waals surface area (Å²) in [5.74, 6) is -0.180. The van der Waals surface area contributed by atoms with Crippen LogP contribution in [0.25, 0.3) is 0 Å². The minimum atomic E-state index is -3.77. The van der Waals surface area contributed by atoms with Crippen molar-refractivity contribution in [1.82, 2.24) is 0 Å². The minimum absolute atomic E-state index is 0.0457. The maximum Gasteiger partial charge on any atom is 0.239 e. The van der Waals surface area contributed by atoms with E-state index in [4.69, 9.17) is 21.1 Å². The van der Waals surface area contributed by atoms with Gasteiger partial charge >= 0.3 is 0 Å². The van der Waals surface area contributed by atoms with Crippen molar-refractivity contribution in [3.63, 3.8) is 0 Å². The van der Waals surface area contributed by atoms with Gasteiger partial charge < -0.3 is 14.8 Å². The zero-order valence-electron chi connectivity index (χ0n) is 13.8. The monoisotopic (exact) mass is 413 g/mol. The summed E-state index contributed by atoms with van der Waals surface area (Å²) in [6.07, 6.45) is 1.85. The fraction of sp³-hybridized carbons (Fsp3) is 0.235. The number of halogens is 1. The molecule has 9 heteroatoms. The maximum absolute atomic E-state index is 12.4. The van der Waals surface area contributed by atoms with Gasteiger partial charge in [-0.25, -0.2) is 8.42 Å². The van der Waals surface area contributed by atoms with E-state index in [0.29, 0.717) is 35.4 Å². The van der Waals surface area contributed by atoms with Crippen molar-refractivity contribution in [3.05, 3.63) is 41.4 Å². The number of hydrogen-bond donors (Lipinski definition) is 1. The highest BCUT2D eigenvalue weighted by molar-refractivity contribution is 7.98. The molecule has 0 fully saturated rings. The molecule has 1 aliphatic rings. The summed E-state index contributed by atoms with van der Waals surface area (Å²) in [5, 5.41) is 3.07. The predicted octanol–water partition coefficient (Wildman–Crippen LogP) is 3.25. The molecule has 138 valence electrons. The summed E-state index contributed by atoms with van der Waals surface area (Å²) >= 11 is 7.18. The largest absolute Gasteiger partial charge is 0.486 e. The second-order valence-corrected chi connectivity index (χ2v) is 8.73. The summed E-state index contributed by atoms with van der Waals surface area (Å²) in [6, 6.07) is 9.11. The molecule has 2 aromatic carbocycles. The second kappa shape index (κ2) is 7.77. The van der Waals surface area contributed by atoms with Gasteiger partial charge in [-0.15, -0.1) is 11.8 Å². The summed E-state index contributed by atoms with van der Waals surface area (Å²) < 4.78 is 35.8. The number of thioether (sulfide) groups is 1. The maximum atomic E-state index is 12.4. The molecule has 0 aliphatic carbocycles. The van der Waals surface area contributed by atoms with Gasteiger partial charge in [-0.05, 0) is 36.6 Å². The van der Waals surface area contributed by atoms with E-state index in [1.54, 1.807) is 12.1 Å². The standard InChI is InChI=1S/C17H16ClNO5S2/c1-25-16-9-15-14(23-6-7-24-15)8-13(16)19-17(20)10-26(21,22)12-4-2-11(18)3-5-12/h2-5,8-9H,6-7,10H2,1H3,(H,19,20). The highest BCUT2D eigenvalue weighted by atomic mass is 35.5. The van der Waals surface area contributed by atoms with Crippen molar-refractivity contribution in [2.24, 2.45) is 0 Å². The number of carbonyl (C=O) groups is 1. The van der Waals surface area contributed by atoms with E-state index in [0.717, 1.165) is 4.90 Å². The van der Waals surface area contributed by atoms with Gasteiger partial charge in [0.25, 0.3) is 0 Å². The van der Waals surface area contributed by atoms with Crippen LogP contribution >= 0.6 is 23.4 Å². The average Bonchev–Trinajstić information content (AvgIpc) is 2.61. The van der Waals surface area contributed by atoms with E-state index in [1.165, 1.54) is 36.0 Å². The molecule has 1 amide bonds. The van der Waals surface area contributed by atoms with Crippen LogP contribution in [0.3, 0.4) is 0 Å². The fourth-order valence-corrected chi connectivity index (χ4v) is 4.24. The van der Waals surface area contributed by atoms with Crippen LogP contribution in [0, 0.1) is 0 Å². The smallest absolute Gasteiger partial charge is 0.239 e. The van der Waals surface area contributed by atoms with Gasteiger partial charge in [0, 0.05) is 16.0 Å². The molecule has 26 heavy (non-hydrogen) atoms. The zero-order valence-corrected chi connectivity index (χ0v) is 16.2. The van der Waals surface area contributed by atoms with Crippen LogP contribution in [-0.4, -0.2) is 39.5 Å². The molecule has 0 aromatic heterocycles. The SMILES string of the molecule is CSc1cc2c(cc1NC(=O)CS(=O)(=O)c1ccc(Cl)cc1)OCCO2. The third-order valence-electron chi connectivity index (χ3n) is 3.63. The normalized spacial score (nSPS) is 13.3. The number of amides is 1. The molecule has 3 rings (SSSR count). The number of nitrogens with one attached hydrogen (secondary N) is 1. The van der Waals surface area contributed by atoms with E-state index < -0.39 is 21.5 Å². The van der Waals surface area contributed by atoms with Crippen molar-refractivity contribution < 1.29 is 22.7 Å². The molecule has 0 spiro atoms. The number of sulfone groups is 1. The molecule has 1 N–H and O–H groups in total. The summed E-state index contributed by atoms with van der Waals surface area (Å²) in [6.45, 7) is 0.885. The number of fused-ring (bicyclic) bond motifs is 1. The Kier molecular flexibility index (Phi) is 5.64. The van der Waals surface area contributed by atoms with Gasteiger partial charge in [-0.3, -0.25) is 4.79 Å². The quantitative estimate of drug-likeness (QED) is 0.758. The van der Waals surface area contributed by atoms with Crippen molar-refractivity contribution in [1.29, 1.82) is 0 Å². The molecule has 1 aliphatic heterocycles. The van der Waals surface area contributed by atoms with Gasteiger partial charge in [0.15, 0.2) is 21.3 Å². The molecule has 6 nitrogen and oxygen atoms in total. The number of benzene rings is 2. The first kappa shape index (κ1) is 18.9. The van der Waals surface area contributed by atoms with Gasteiger partial charge in [0.1, 0.15) is 19.0 Å². The van der Waals surface area contributed by atoms with Crippen molar-refractivity contribution in [3.8, 4) is 11.5 Å². The first-order valence-electron chi connectivity index (χ1n) is 7.65. The molecular weight excluding hydrogens is 398 g/mol. The Bertz CT molecular complexity index is 929. The topological polar surface area (TPSA) is 81.7 Å². The van der Waals surface area contributed by atoms with Gasteiger partial charge in [-0.2, -0.15) is 0 Å². The van der Waals surface area contributed by atoms with Crippen molar-refractivity contribution in [2.75, 3.05) is 30.5 Å². The molecule has 0 unspecified atom stereocenters. The first-order valence-corrected chi connectivity index (χ1v) is 10.9. The Hall–Kier alpha value is -1.90. The Morgan fingerprint density at radius 1 is 1.15 bits per heavy atom. The van der Waals surface area contributed by atoms with E-state index in [-0.39, 0.29) is 4.90 Å². The lowest BCUT2D eigenvalue weighted by Crippen LogP contribution is -2.23. The molecule has 0 atom stereocenters. The van der Waals surface area contributed by atoms with Crippen LogP contribution in [0.5, 0.6) is 11.5 Å². The number of rotatable bonds is 5. The van der Waals surface area contributed by atoms with Crippen LogP contribution in [0.1, 0.15) is 0 Å². The van der Waals surface area contributed by atoms with E-state index in [9.17, 15) is 13.2 Å². The summed E-state index contributed by atoms with van der Waals surface area (Å²) in [5.41, 5.74) is 0.484. The van der Waals surface area contributed by atoms with E-state index in [1.807, 2.05) is 6.26 Å². The van der Waals surface area contributed by atoms with Crippen LogP contribution in [-0.2, 0) is 14.6 Å². The van der Waals surface area contributed by atoms with Crippen molar-refractivity contribution >= 4 is 44.8 Å². The number of anilines is 1. The minimum Gasteiger partial charge on any atom is -0.486 e. The molecule has 1 heterocycles. The van der Waals surface area contributed by atoms with Gasteiger partial charge in [-0.1, -0.05) is 11.6 Å². The molecule has 0 bridgehead atoms. The Labute approximate surface area is 160 Å². The lowest BCUT2D eigenvalue weighted by molar-refractivity contribution is -0.113. The van der Waals surface area contributed by atoms with Crippen LogP contribution in [0.15, 0.2) is 46.2 Å². The third-order valence-corrected chi connectivity index (χ3v) is 6.29. The number of hydrogen-bond acceptors (Lipinski definition) is 6. The Balaban J connectivity index is 1.78. The van der Waals surface area contributed by atoms with Gasteiger partial charge in [0.05, 0.1) is 10.6 Å².